The number of aromatic nitrogens is 1. The van der Waals surface area contributed by atoms with Gasteiger partial charge in [0, 0.05) is 22.7 Å². The molecule has 0 aliphatic carbocycles. The zero-order chi connectivity index (χ0) is 9.97. The summed E-state index contributed by atoms with van der Waals surface area (Å²) in [6.07, 6.45) is 1.50. The van der Waals surface area contributed by atoms with Gasteiger partial charge in [-0.25, -0.2) is 4.98 Å². The lowest BCUT2D eigenvalue weighted by atomic mass is 10.1. The highest BCUT2D eigenvalue weighted by Crippen LogP contribution is 2.12. The van der Waals surface area contributed by atoms with Gasteiger partial charge in [-0.1, -0.05) is 0 Å². The van der Waals surface area contributed by atoms with E-state index in [4.69, 9.17) is 5.73 Å². The van der Waals surface area contributed by atoms with Crippen molar-refractivity contribution in [2.75, 3.05) is 5.73 Å². The van der Waals surface area contributed by atoms with Crippen LogP contribution in [0, 0.1) is 0 Å². The normalized spacial score (nSPS) is 10.0. The fourth-order valence-corrected chi connectivity index (χ4v) is 1.74. The molecule has 2 heterocycles. The Morgan fingerprint density at radius 2 is 2.14 bits per heavy atom. The molecule has 0 aliphatic heterocycles. The maximum Gasteiger partial charge on any atom is 0.195 e. The molecule has 0 fully saturated rings. The van der Waals surface area contributed by atoms with E-state index in [0.717, 1.165) is 0 Å². The number of thiophene rings is 1. The highest BCUT2D eigenvalue weighted by molar-refractivity contribution is 7.08. The predicted octanol–water partition coefficient (Wildman–Crippen LogP) is 1.96. The summed E-state index contributed by atoms with van der Waals surface area (Å²) in [6.45, 7) is 0. The summed E-state index contributed by atoms with van der Waals surface area (Å²) < 4.78 is 0. The summed E-state index contributed by atoms with van der Waals surface area (Å²) in [5, 5.41) is 3.69. The highest BCUT2D eigenvalue weighted by atomic mass is 32.1. The van der Waals surface area contributed by atoms with Gasteiger partial charge in [0.2, 0.25) is 0 Å². The van der Waals surface area contributed by atoms with E-state index in [1.54, 1.807) is 18.2 Å². The maximum atomic E-state index is 11.7. The number of ketones is 1. The Bertz CT molecular complexity index is 434. The van der Waals surface area contributed by atoms with Gasteiger partial charge >= 0.3 is 0 Å². The second kappa shape index (κ2) is 3.59. The minimum atomic E-state index is -0.0150. The Labute approximate surface area is 85.2 Å². The molecule has 3 nitrogen and oxygen atoms in total. The Morgan fingerprint density at radius 3 is 2.71 bits per heavy atom. The van der Waals surface area contributed by atoms with Crippen molar-refractivity contribution in [2.45, 2.75) is 0 Å². The third-order valence-electron chi connectivity index (χ3n) is 1.83. The molecule has 0 saturated carbocycles. The van der Waals surface area contributed by atoms with Crippen molar-refractivity contribution in [1.82, 2.24) is 4.98 Å². The first-order valence-electron chi connectivity index (χ1n) is 4.06. The van der Waals surface area contributed by atoms with Gasteiger partial charge in [-0.2, -0.15) is 11.3 Å². The van der Waals surface area contributed by atoms with Crippen LogP contribution >= 0.6 is 11.3 Å². The van der Waals surface area contributed by atoms with Crippen LogP contribution in [0.3, 0.4) is 0 Å². The number of nitrogen functional groups attached to an aromatic ring is 1. The van der Waals surface area contributed by atoms with Crippen LogP contribution in [0.5, 0.6) is 0 Å². The van der Waals surface area contributed by atoms with Crippen LogP contribution in [0.2, 0.25) is 0 Å². The van der Waals surface area contributed by atoms with Crippen molar-refractivity contribution >= 4 is 22.9 Å². The van der Waals surface area contributed by atoms with E-state index < -0.39 is 0 Å². The largest absolute Gasteiger partial charge is 0.384 e. The lowest BCUT2D eigenvalue weighted by molar-refractivity contribution is 0.103. The van der Waals surface area contributed by atoms with E-state index >= 15 is 0 Å². The van der Waals surface area contributed by atoms with Crippen molar-refractivity contribution < 1.29 is 4.79 Å². The van der Waals surface area contributed by atoms with Crippen LogP contribution in [0.4, 0.5) is 5.82 Å². The monoisotopic (exact) mass is 204 g/mol. The molecule has 4 heteroatoms. The molecule has 0 saturated heterocycles. The second-order valence-electron chi connectivity index (χ2n) is 2.81. The van der Waals surface area contributed by atoms with E-state index in [0.29, 0.717) is 16.9 Å². The van der Waals surface area contributed by atoms with Gasteiger partial charge in [-0.05, 0) is 23.6 Å². The fourth-order valence-electron chi connectivity index (χ4n) is 1.10. The second-order valence-corrected chi connectivity index (χ2v) is 3.59. The molecular weight excluding hydrogens is 196 g/mol. The summed E-state index contributed by atoms with van der Waals surface area (Å²) >= 11 is 1.50. The van der Waals surface area contributed by atoms with Crippen LogP contribution in [0.1, 0.15) is 15.9 Å². The fraction of sp³-hybridized carbons (Fsp3) is 0. The number of nitrogens with zero attached hydrogens (tertiary/aromatic N) is 1. The molecule has 2 aromatic heterocycles. The molecule has 2 rings (SSSR count). The first kappa shape index (κ1) is 8.90. The quantitative estimate of drug-likeness (QED) is 0.761. The molecule has 0 bridgehead atoms. The molecule has 0 amide bonds. The van der Waals surface area contributed by atoms with Crippen molar-refractivity contribution in [3.8, 4) is 0 Å². The van der Waals surface area contributed by atoms with Crippen LogP contribution in [0.15, 0.2) is 35.2 Å². The molecule has 0 spiro atoms. The van der Waals surface area contributed by atoms with Crippen LogP contribution in [0.25, 0.3) is 0 Å². The van der Waals surface area contributed by atoms with Gasteiger partial charge in [-0.3, -0.25) is 4.79 Å². The van der Waals surface area contributed by atoms with Gasteiger partial charge < -0.3 is 5.73 Å². The number of carbonyl (C=O) groups excluding carboxylic acids is 1. The average Bonchev–Trinajstić information content (AvgIpc) is 2.71. The van der Waals surface area contributed by atoms with Gasteiger partial charge in [0.1, 0.15) is 5.82 Å². The Morgan fingerprint density at radius 1 is 1.29 bits per heavy atom. The lowest BCUT2D eigenvalue weighted by Crippen LogP contribution is -2.01. The van der Waals surface area contributed by atoms with E-state index in [1.165, 1.54) is 17.5 Å². The Hall–Kier alpha value is -1.68. The summed E-state index contributed by atoms with van der Waals surface area (Å²) in [6, 6.07) is 5.10. The van der Waals surface area contributed by atoms with Crippen molar-refractivity contribution in [3.63, 3.8) is 0 Å². The smallest absolute Gasteiger partial charge is 0.195 e. The van der Waals surface area contributed by atoms with Gasteiger partial charge in [0.25, 0.3) is 0 Å². The lowest BCUT2D eigenvalue weighted by Gasteiger charge is -1.97. The zero-order valence-corrected chi connectivity index (χ0v) is 8.12. The standard InChI is InChI=1S/C10H8N2OS/c11-9-2-1-7(5-12-9)10(13)8-3-4-14-6-8/h1-6H,(H2,11,12). The zero-order valence-electron chi connectivity index (χ0n) is 7.31. The maximum absolute atomic E-state index is 11.7. The predicted molar refractivity (Wildman–Crippen MR) is 56.4 cm³/mol. The van der Waals surface area contributed by atoms with E-state index in [-0.39, 0.29) is 5.78 Å². The summed E-state index contributed by atoms with van der Waals surface area (Å²) in [5.74, 6) is 0.408. The molecule has 0 aromatic carbocycles. The number of anilines is 1. The molecule has 0 unspecified atom stereocenters. The molecule has 0 radical (unpaired) electrons. The van der Waals surface area contributed by atoms with Crippen LogP contribution in [-0.2, 0) is 0 Å². The minimum Gasteiger partial charge on any atom is -0.384 e. The Balaban J connectivity index is 2.33. The summed E-state index contributed by atoms with van der Waals surface area (Å²) in [5.41, 5.74) is 6.69. The molecule has 0 aliphatic rings. The molecule has 2 N–H and O–H groups in total. The number of rotatable bonds is 2. The minimum absolute atomic E-state index is 0.0150. The van der Waals surface area contributed by atoms with Gasteiger partial charge in [0.05, 0.1) is 0 Å². The third-order valence-corrected chi connectivity index (χ3v) is 2.52. The van der Waals surface area contributed by atoms with Crippen molar-refractivity contribution in [1.29, 1.82) is 0 Å². The van der Waals surface area contributed by atoms with Gasteiger partial charge in [0.15, 0.2) is 5.78 Å². The van der Waals surface area contributed by atoms with E-state index in [2.05, 4.69) is 4.98 Å². The number of hydrogen-bond acceptors (Lipinski definition) is 4. The first-order chi connectivity index (χ1) is 6.77. The summed E-state index contributed by atoms with van der Waals surface area (Å²) in [7, 11) is 0. The average molecular weight is 204 g/mol. The number of carbonyl (C=O) groups is 1. The van der Waals surface area contributed by atoms with Crippen LogP contribution in [-0.4, -0.2) is 10.8 Å². The number of hydrogen-bond donors (Lipinski definition) is 1. The van der Waals surface area contributed by atoms with E-state index in [9.17, 15) is 4.79 Å². The SMILES string of the molecule is Nc1ccc(C(=O)c2ccsc2)cn1. The van der Waals surface area contributed by atoms with E-state index in [1.807, 2.05) is 10.8 Å². The molecular formula is C10H8N2OS. The number of nitrogens with two attached hydrogens (primary N) is 1. The molecule has 14 heavy (non-hydrogen) atoms. The number of pyridine rings is 1. The molecule has 70 valence electrons. The third kappa shape index (κ3) is 1.65. The first-order valence-corrected chi connectivity index (χ1v) is 5.00. The molecule has 2 aromatic rings. The van der Waals surface area contributed by atoms with Crippen LogP contribution < -0.4 is 5.73 Å². The molecule has 0 atom stereocenters. The summed E-state index contributed by atoms with van der Waals surface area (Å²) in [4.78, 5) is 15.6. The van der Waals surface area contributed by atoms with Crippen molar-refractivity contribution in [3.05, 3.63) is 46.3 Å². The Kier molecular flexibility index (Phi) is 2.28. The van der Waals surface area contributed by atoms with Crippen molar-refractivity contribution in [2.24, 2.45) is 0 Å². The topological polar surface area (TPSA) is 56.0 Å². The highest BCUT2D eigenvalue weighted by Gasteiger charge is 2.08. The van der Waals surface area contributed by atoms with Gasteiger partial charge in [-0.15, -0.1) is 0 Å².